The van der Waals surface area contributed by atoms with E-state index in [9.17, 15) is 9.59 Å². The second-order valence-electron chi connectivity index (χ2n) is 6.07. The molecule has 2 amide bonds. The van der Waals surface area contributed by atoms with Crippen molar-refractivity contribution in [1.82, 2.24) is 10.2 Å². The van der Waals surface area contributed by atoms with Crippen molar-refractivity contribution in [2.45, 2.75) is 13.8 Å². The van der Waals surface area contributed by atoms with Gasteiger partial charge in [0.2, 0.25) is 5.91 Å². The highest BCUT2D eigenvalue weighted by Crippen LogP contribution is 2.34. The minimum atomic E-state index is -1.06. The molecule has 0 saturated carbocycles. The van der Waals surface area contributed by atoms with E-state index < -0.39 is 17.7 Å². The summed E-state index contributed by atoms with van der Waals surface area (Å²) in [5, 5.41) is 2.56. The molecule has 0 aromatic heterocycles. The van der Waals surface area contributed by atoms with Gasteiger partial charge in [0.25, 0.3) is 5.91 Å². The van der Waals surface area contributed by atoms with Crippen LogP contribution in [-0.4, -0.2) is 68.4 Å². The van der Waals surface area contributed by atoms with Crippen LogP contribution in [0.1, 0.15) is 13.8 Å². The van der Waals surface area contributed by atoms with Crippen molar-refractivity contribution in [1.29, 1.82) is 0 Å². The molecule has 0 radical (unpaired) electrons. The molecular weight excluding hydrogens is 380 g/mol. The Hall–Kier alpha value is -2.52. The zero-order chi connectivity index (χ0) is 20.7. The summed E-state index contributed by atoms with van der Waals surface area (Å²) in [5.41, 5.74) is 0.401. The maximum absolute atomic E-state index is 13.0. The summed E-state index contributed by atoms with van der Waals surface area (Å²) < 4.78 is 10.6. The lowest BCUT2D eigenvalue weighted by Gasteiger charge is -2.31. The van der Waals surface area contributed by atoms with Crippen LogP contribution in [0, 0.1) is 5.92 Å². The average molecular weight is 407 g/mol. The summed E-state index contributed by atoms with van der Waals surface area (Å²) in [6.07, 6.45) is 1.39. The lowest BCUT2D eigenvalue weighted by Crippen LogP contribution is -2.58. The molecule has 8 nitrogen and oxygen atoms in total. The third-order valence-electron chi connectivity index (χ3n) is 4.52. The summed E-state index contributed by atoms with van der Waals surface area (Å²) in [6, 6.07) is 5.02. The molecule has 28 heavy (non-hydrogen) atoms. The molecule has 1 unspecified atom stereocenters. The summed E-state index contributed by atoms with van der Waals surface area (Å²) in [7, 11) is 3.02. The number of anilines is 1. The van der Waals surface area contributed by atoms with Gasteiger partial charge in [0, 0.05) is 18.8 Å². The first-order chi connectivity index (χ1) is 13.5. The third kappa shape index (κ3) is 4.85. The topological polar surface area (TPSA) is 83.5 Å². The zero-order valence-corrected chi connectivity index (χ0v) is 17.4. The van der Waals surface area contributed by atoms with Crippen LogP contribution in [0.2, 0.25) is 0 Å². The molecule has 1 aromatic carbocycles. The van der Waals surface area contributed by atoms with Crippen molar-refractivity contribution in [3.63, 3.8) is 0 Å². The Kier molecular flexibility index (Phi) is 7.89. The van der Waals surface area contributed by atoms with Gasteiger partial charge in [-0.05, 0) is 37.4 Å². The van der Waals surface area contributed by atoms with Crippen molar-refractivity contribution in [2.24, 2.45) is 10.9 Å². The number of ether oxygens (including phenoxy) is 2. The van der Waals surface area contributed by atoms with Crippen LogP contribution in [-0.2, 0) is 9.59 Å². The predicted molar refractivity (Wildman–Crippen MR) is 112 cm³/mol. The Morgan fingerprint density at radius 1 is 1.25 bits per heavy atom. The number of hydrogen-bond donors (Lipinski definition) is 1. The lowest BCUT2D eigenvalue weighted by molar-refractivity contribution is -0.130. The monoisotopic (exact) mass is 406 g/mol. The lowest BCUT2D eigenvalue weighted by atomic mass is 10.1. The van der Waals surface area contributed by atoms with Gasteiger partial charge in [0.05, 0.1) is 26.5 Å². The highest BCUT2D eigenvalue weighted by Gasteiger charge is 2.39. The molecule has 1 N–H and O–H groups in total. The number of benzene rings is 1. The molecule has 2 rings (SSSR count). The fraction of sp³-hybridized carbons (Fsp3) is 0.474. The van der Waals surface area contributed by atoms with E-state index in [2.05, 4.69) is 29.1 Å². The number of nitrogens with one attached hydrogen (secondary N) is 1. The maximum atomic E-state index is 13.0. The van der Waals surface area contributed by atoms with Gasteiger partial charge in [-0.3, -0.25) is 19.5 Å². The van der Waals surface area contributed by atoms with E-state index in [4.69, 9.17) is 21.7 Å². The number of thiocarbonyl (C=S) groups is 1. The number of amides is 2. The van der Waals surface area contributed by atoms with Crippen molar-refractivity contribution >= 4 is 41.0 Å². The molecule has 1 atom stereocenters. The van der Waals surface area contributed by atoms with E-state index in [0.29, 0.717) is 23.7 Å². The summed E-state index contributed by atoms with van der Waals surface area (Å²) in [6.45, 7) is 7.26. The molecule has 152 valence electrons. The molecule has 1 aromatic rings. The van der Waals surface area contributed by atoms with E-state index in [-0.39, 0.29) is 5.11 Å². The molecule has 1 aliphatic rings. The van der Waals surface area contributed by atoms with E-state index >= 15 is 0 Å². The Labute approximate surface area is 170 Å². The third-order valence-corrected chi connectivity index (χ3v) is 4.81. The minimum absolute atomic E-state index is 0.00524. The summed E-state index contributed by atoms with van der Waals surface area (Å²) in [4.78, 5) is 33.1. The Bertz CT molecular complexity index is 764. The fourth-order valence-electron chi connectivity index (χ4n) is 2.84. The van der Waals surface area contributed by atoms with Crippen LogP contribution in [0.4, 0.5) is 5.69 Å². The molecule has 0 aliphatic carbocycles. The van der Waals surface area contributed by atoms with Gasteiger partial charge in [0.1, 0.15) is 11.5 Å². The minimum Gasteiger partial charge on any atom is -0.497 e. The van der Waals surface area contributed by atoms with Gasteiger partial charge in [-0.15, -0.1) is 0 Å². The van der Waals surface area contributed by atoms with Crippen LogP contribution in [0.3, 0.4) is 0 Å². The standard InChI is InChI=1S/C19H26N4O4S/c1-5-22(6-2)10-9-20-12-14-17(24)21-19(28)23(18(14)25)15-11-13(26-3)7-8-16(15)27-4/h7-8,11-12,14H,5-6,9-10H2,1-4H3,(H,21,24,28). The Balaban J connectivity index is 2.24. The predicted octanol–water partition coefficient (Wildman–Crippen LogP) is 1.48. The quantitative estimate of drug-likeness (QED) is 0.380. The number of likely N-dealkylation sites (N-methyl/N-ethyl adjacent to an activating group) is 1. The Morgan fingerprint density at radius 2 is 1.96 bits per heavy atom. The van der Waals surface area contributed by atoms with Crippen molar-refractivity contribution in [2.75, 3.05) is 45.3 Å². The number of carbonyl (C=O) groups is 2. The number of carbonyl (C=O) groups excluding carboxylic acids is 2. The maximum Gasteiger partial charge on any atom is 0.251 e. The highest BCUT2D eigenvalue weighted by atomic mass is 32.1. The normalized spacial score (nSPS) is 17.4. The fourth-order valence-corrected chi connectivity index (χ4v) is 3.13. The first-order valence-electron chi connectivity index (χ1n) is 9.09. The van der Waals surface area contributed by atoms with Gasteiger partial charge >= 0.3 is 0 Å². The highest BCUT2D eigenvalue weighted by molar-refractivity contribution is 7.80. The second kappa shape index (κ2) is 10.1. The van der Waals surface area contributed by atoms with E-state index in [1.54, 1.807) is 18.2 Å². The van der Waals surface area contributed by atoms with Crippen LogP contribution in [0.5, 0.6) is 11.5 Å². The molecule has 0 spiro atoms. The average Bonchev–Trinajstić information content (AvgIpc) is 2.69. The molecule has 9 heteroatoms. The first-order valence-corrected chi connectivity index (χ1v) is 9.50. The number of aliphatic imine (C=N–C) groups is 1. The largest absolute Gasteiger partial charge is 0.497 e. The molecule has 1 saturated heterocycles. The molecule has 1 heterocycles. The summed E-state index contributed by atoms with van der Waals surface area (Å²) in [5.74, 6) is -1.05. The SMILES string of the molecule is CCN(CC)CCN=CC1C(=O)NC(=S)N(c2cc(OC)ccc2OC)C1=O. The van der Waals surface area contributed by atoms with Crippen LogP contribution in [0.15, 0.2) is 23.2 Å². The number of rotatable bonds is 9. The van der Waals surface area contributed by atoms with Crippen molar-refractivity contribution < 1.29 is 19.1 Å². The molecule has 1 aliphatic heterocycles. The van der Waals surface area contributed by atoms with Gasteiger partial charge < -0.3 is 19.7 Å². The van der Waals surface area contributed by atoms with E-state index in [0.717, 1.165) is 19.6 Å². The number of methoxy groups -OCH3 is 2. The zero-order valence-electron chi connectivity index (χ0n) is 16.6. The molecular formula is C19H26N4O4S. The molecule has 0 bridgehead atoms. The van der Waals surface area contributed by atoms with Gasteiger partial charge in [-0.1, -0.05) is 13.8 Å². The van der Waals surface area contributed by atoms with Crippen LogP contribution < -0.4 is 19.7 Å². The second-order valence-corrected chi connectivity index (χ2v) is 6.45. The van der Waals surface area contributed by atoms with Gasteiger partial charge in [0.15, 0.2) is 11.0 Å². The molecule has 1 fully saturated rings. The van der Waals surface area contributed by atoms with Crippen molar-refractivity contribution in [3.05, 3.63) is 18.2 Å². The van der Waals surface area contributed by atoms with Crippen molar-refractivity contribution in [3.8, 4) is 11.5 Å². The Morgan fingerprint density at radius 3 is 2.57 bits per heavy atom. The van der Waals surface area contributed by atoms with Gasteiger partial charge in [-0.2, -0.15) is 0 Å². The number of hydrogen-bond acceptors (Lipinski definition) is 7. The van der Waals surface area contributed by atoms with Crippen LogP contribution >= 0.6 is 12.2 Å². The van der Waals surface area contributed by atoms with Crippen LogP contribution in [0.25, 0.3) is 0 Å². The first kappa shape index (κ1) is 21.8. The van der Waals surface area contributed by atoms with Gasteiger partial charge in [-0.25, -0.2) is 0 Å². The van der Waals surface area contributed by atoms with E-state index in [1.165, 1.54) is 25.3 Å². The van der Waals surface area contributed by atoms with E-state index in [1.807, 2.05) is 0 Å². The summed E-state index contributed by atoms with van der Waals surface area (Å²) >= 11 is 5.23. The number of nitrogens with zero attached hydrogens (tertiary/aromatic N) is 3. The smallest absolute Gasteiger partial charge is 0.251 e.